The first-order valence-corrected chi connectivity index (χ1v) is 8.74. The lowest BCUT2D eigenvalue weighted by molar-refractivity contribution is 0.0490. The highest BCUT2D eigenvalue weighted by Crippen LogP contribution is 2.43. The molecule has 2 aromatic rings. The van der Waals surface area contributed by atoms with Crippen molar-refractivity contribution in [3.8, 4) is 0 Å². The number of halogens is 1. The van der Waals surface area contributed by atoms with Crippen molar-refractivity contribution in [2.75, 3.05) is 0 Å². The number of benzene rings is 1. The molecule has 0 spiro atoms. The Morgan fingerprint density at radius 3 is 2.65 bits per heavy atom. The van der Waals surface area contributed by atoms with Crippen LogP contribution in [0, 0.1) is 11.8 Å². The number of thiophene rings is 1. The molecule has 0 amide bonds. The Bertz CT molecular complexity index is 626. The molecule has 20 heavy (non-hydrogen) atoms. The van der Waals surface area contributed by atoms with Crippen molar-refractivity contribution in [3.63, 3.8) is 0 Å². The van der Waals surface area contributed by atoms with Gasteiger partial charge in [0.15, 0.2) is 0 Å². The minimum absolute atomic E-state index is 0.0352. The monoisotopic (exact) mass is 353 g/mol. The minimum atomic E-state index is 0.0352. The second kappa shape index (κ2) is 5.41. The van der Waals surface area contributed by atoms with Crippen LogP contribution in [0.3, 0.4) is 0 Å². The molecule has 5 unspecified atom stereocenters. The van der Waals surface area contributed by atoms with E-state index in [1.807, 2.05) is 0 Å². The maximum absolute atomic E-state index is 6.62. The maximum atomic E-state index is 6.62. The van der Waals surface area contributed by atoms with E-state index in [-0.39, 0.29) is 18.2 Å². The van der Waals surface area contributed by atoms with Gasteiger partial charge in [0.05, 0.1) is 12.2 Å². The van der Waals surface area contributed by atoms with E-state index in [0.717, 1.165) is 4.47 Å². The van der Waals surface area contributed by atoms with Gasteiger partial charge in [-0.25, -0.2) is 0 Å². The summed E-state index contributed by atoms with van der Waals surface area (Å²) in [7, 11) is 0. The van der Waals surface area contributed by atoms with Gasteiger partial charge in [0.25, 0.3) is 0 Å². The van der Waals surface area contributed by atoms with Crippen LogP contribution in [0.1, 0.15) is 32.4 Å². The Morgan fingerprint density at radius 1 is 1.25 bits per heavy atom. The summed E-state index contributed by atoms with van der Waals surface area (Å²) in [6, 6.07) is 6.37. The van der Waals surface area contributed by atoms with Gasteiger partial charge in [0, 0.05) is 21.1 Å². The summed E-state index contributed by atoms with van der Waals surface area (Å²) < 4.78 is 8.39. The fourth-order valence-corrected chi connectivity index (χ4v) is 5.09. The second-order valence-electron chi connectivity index (χ2n) is 5.82. The average molecular weight is 354 g/mol. The van der Waals surface area contributed by atoms with Crippen LogP contribution in [0.15, 0.2) is 28.1 Å². The number of fused-ring (bicyclic) bond motifs is 1. The fraction of sp³-hybridized carbons (Fsp3) is 0.500. The van der Waals surface area contributed by atoms with Crippen LogP contribution in [-0.2, 0) is 4.74 Å². The number of nitrogens with two attached hydrogens (primary N) is 1. The zero-order chi connectivity index (χ0) is 14.4. The van der Waals surface area contributed by atoms with E-state index in [9.17, 15) is 0 Å². The Balaban J connectivity index is 2.01. The lowest BCUT2D eigenvalue weighted by Crippen LogP contribution is -2.30. The van der Waals surface area contributed by atoms with Crippen LogP contribution in [0.5, 0.6) is 0 Å². The van der Waals surface area contributed by atoms with Crippen molar-refractivity contribution in [1.82, 2.24) is 0 Å². The van der Waals surface area contributed by atoms with Crippen LogP contribution in [0.4, 0.5) is 0 Å². The topological polar surface area (TPSA) is 35.2 Å². The van der Waals surface area contributed by atoms with Crippen molar-refractivity contribution in [1.29, 1.82) is 0 Å². The van der Waals surface area contributed by atoms with Crippen LogP contribution in [-0.4, -0.2) is 12.2 Å². The highest BCUT2D eigenvalue weighted by atomic mass is 79.9. The molecule has 1 fully saturated rings. The van der Waals surface area contributed by atoms with Gasteiger partial charge >= 0.3 is 0 Å². The van der Waals surface area contributed by atoms with E-state index in [2.05, 4.69) is 60.3 Å². The molecule has 2 N–H and O–H groups in total. The molecule has 108 valence electrons. The van der Waals surface area contributed by atoms with E-state index in [1.165, 1.54) is 15.6 Å². The van der Waals surface area contributed by atoms with Gasteiger partial charge < -0.3 is 10.5 Å². The lowest BCUT2D eigenvalue weighted by atomic mass is 9.81. The van der Waals surface area contributed by atoms with E-state index in [4.69, 9.17) is 10.5 Å². The number of ether oxygens (including phenoxy) is 1. The van der Waals surface area contributed by atoms with Crippen molar-refractivity contribution >= 4 is 37.4 Å². The first kappa shape index (κ1) is 14.5. The molecule has 1 aromatic heterocycles. The fourth-order valence-electron chi connectivity index (χ4n) is 3.42. The molecule has 5 atom stereocenters. The molecule has 0 saturated carbocycles. The molecule has 4 heteroatoms. The molecule has 1 aliphatic rings. The highest BCUT2D eigenvalue weighted by molar-refractivity contribution is 9.10. The predicted molar refractivity (Wildman–Crippen MR) is 89.1 cm³/mol. The molecule has 0 bridgehead atoms. The third-order valence-corrected chi connectivity index (χ3v) is 6.65. The number of hydrogen-bond acceptors (Lipinski definition) is 3. The Morgan fingerprint density at radius 2 is 2.00 bits per heavy atom. The van der Waals surface area contributed by atoms with Gasteiger partial charge in [-0.15, -0.1) is 11.3 Å². The third-order valence-electron chi connectivity index (χ3n) is 4.67. The first-order chi connectivity index (χ1) is 9.50. The maximum Gasteiger partial charge on any atom is 0.0600 e. The molecule has 0 aliphatic carbocycles. The molecule has 1 aromatic carbocycles. The molecular weight excluding hydrogens is 334 g/mol. The summed E-state index contributed by atoms with van der Waals surface area (Å²) in [5, 5.41) is 3.48. The van der Waals surface area contributed by atoms with Crippen LogP contribution in [0.2, 0.25) is 0 Å². The second-order valence-corrected chi connectivity index (χ2v) is 7.55. The van der Waals surface area contributed by atoms with Crippen LogP contribution < -0.4 is 5.73 Å². The quantitative estimate of drug-likeness (QED) is 0.847. The van der Waals surface area contributed by atoms with E-state index >= 15 is 0 Å². The normalized spacial score (nSPS) is 31.9. The van der Waals surface area contributed by atoms with Crippen molar-refractivity contribution in [2.45, 2.75) is 39.0 Å². The lowest BCUT2D eigenvalue weighted by Gasteiger charge is -2.25. The van der Waals surface area contributed by atoms with Crippen molar-refractivity contribution in [3.05, 3.63) is 33.6 Å². The van der Waals surface area contributed by atoms with E-state index in [1.54, 1.807) is 11.3 Å². The SMILES string of the molecule is CC1OC(C)C(C(N)c2csc3c(Br)cccc23)C1C. The number of rotatable bonds is 2. The van der Waals surface area contributed by atoms with Crippen LogP contribution >= 0.6 is 27.3 Å². The van der Waals surface area contributed by atoms with Crippen molar-refractivity contribution < 1.29 is 4.74 Å². The summed E-state index contributed by atoms with van der Waals surface area (Å²) in [6.45, 7) is 6.55. The largest absolute Gasteiger partial charge is 0.375 e. The molecular formula is C16H20BrNOS. The molecule has 1 aliphatic heterocycles. The molecule has 2 heterocycles. The molecule has 0 radical (unpaired) electrons. The molecule has 2 nitrogen and oxygen atoms in total. The van der Waals surface area contributed by atoms with Gasteiger partial charge in [0.2, 0.25) is 0 Å². The smallest absolute Gasteiger partial charge is 0.0600 e. The van der Waals surface area contributed by atoms with Gasteiger partial charge in [-0.05, 0) is 58.1 Å². The van der Waals surface area contributed by atoms with Crippen molar-refractivity contribution in [2.24, 2.45) is 17.6 Å². The van der Waals surface area contributed by atoms with Gasteiger partial charge in [-0.2, -0.15) is 0 Å². The zero-order valence-corrected chi connectivity index (χ0v) is 14.4. The summed E-state index contributed by atoms with van der Waals surface area (Å²) in [6.07, 6.45) is 0.509. The predicted octanol–water partition coefficient (Wildman–Crippen LogP) is 4.72. The Kier molecular flexibility index (Phi) is 3.93. The van der Waals surface area contributed by atoms with Gasteiger partial charge in [-0.1, -0.05) is 19.1 Å². The summed E-state index contributed by atoms with van der Waals surface area (Å²) in [4.78, 5) is 0. The Hall–Kier alpha value is -0.420. The minimum Gasteiger partial charge on any atom is -0.375 e. The average Bonchev–Trinajstić information content (AvgIpc) is 2.93. The van der Waals surface area contributed by atoms with E-state index in [0.29, 0.717) is 11.8 Å². The number of hydrogen-bond donors (Lipinski definition) is 1. The van der Waals surface area contributed by atoms with E-state index < -0.39 is 0 Å². The van der Waals surface area contributed by atoms with Crippen LogP contribution in [0.25, 0.3) is 10.1 Å². The Labute approximate surface area is 132 Å². The summed E-state index contributed by atoms with van der Waals surface area (Å²) in [5.41, 5.74) is 7.87. The molecule has 1 saturated heterocycles. The summed E-state index contributed by atoms with van der Waals surface area (Å²) >= 11 is 5.38. The summed E-state index contributed by atoms with van der Waals surface area (Å²) in [5.74, 6) is 0.865. The van der Waals surface area contributed by atoms with Gasteiger partial charge in [0.1, 0.15) is 0 Å². The standard InChI is InChI=1S/C16H20BrNOS/c1-8-9(2)19-10(3)14(8)15(18)12-7-20-16-11(12)5-4-6-13(16)17/h4-10,14-15H,18H2,1-3H3. The third kappa shape index (κ3) is 2.23. The molecule has 3 rings (SSSR count). The highest BCUT2D eigenvalue weighted by Gasteiger charge is 2.41. The van der Waals surface area contributed by atoms with Gasteiger partial charge in [-0.3, -0.25) is 0 Å². The first-order valence-electron chi connectivity index (χ1n) is 7.07. The zero-order valence-electron chi connectivity index (χ0n) is 12.0.